The van der Waals surface area contributed by atoms with Gasteiger partial charge >= 0.3 is 0 Å². The van der Waals surface area contributed by atoms with Gasteiger partial charge in [0.25, 0.3) is 6.47 Å². The number of ether oxygens (including phenoxy) is 2. The van der Waals surface area contributed by atoms with Gasteiger partial charge in [0.15, 0.2) is 5.78 Å². The smallest absolute Gasteiger partial charge is 0.298 e. The number of Topliss-reactive ketones (excluding diaryl/α,β-unsaturated/α-hetero) is 1. The van der Waals surface area contributed by atoms with Gasteiger partial charge < -0.3 is 14.4 Å². The Morgan fingerprint density at radius 2 is 1.63 bits per heavy atom. The molecule has 0 saturated carbocycles. The summed E-state index contributed by atoms with van der Waals surface area (Å²) >= 11 is 0. The zero-order valence-electron chi connectivity index (χ0n) is 25.5. The third-order valence-corrected chi connectivity index (χ3v) is 10.1. The second kappa shape index (κ2) is 9.80. The molecule has 3 aromatic rings. The predicted octanol–water partition coefficient (Wildman–Crippen LogP) is 4.89. The SMILES string of the molecule is CC(C)(C)C(=O)c1ccc(OC=O)c(C2=c3cc4c5c(c3Oc3c2cc2c6c3CCCN6CCC2)CCC[N+]=5CCC4)c1. The van der Waals surface area contributed by atoms with Gasteiger partial charge in [-0.3, -0.25) is 9.59 Å². The van der Waals surface area contributed by atoms with E-state index in [0.29, 0.717) is 17.8 Å². The normalized spacial score (nSPS) is 18.2. The van der Waals surface area contributed by atoms with E-state index in [-0.39, 0.29) is 5.78 Å². The first-order valence-electron chi connectivity index (χ1n) is 16.1. The van der Waals surface area contributed by atoms with Gasteiger partial charge in [-0.05, 0) is 74.4 Å². The second-order valence-electron chi connectivity index (χ2n) is 13.8. The molecule has 0 saturated heterocycles. The number of carbonyl (C=O) groups is 2. The summed E-state index contributed by atoms with van der Waals surface area (Å²) in [6.07, 6.45) is 8.53. The molecule has 0 fully saturated rings. The maximum atomic E-state index is 13.6. The Bertz CT molecular complexity index is 1860. The molecule has 0 radical (unpaired) electrons. The molecule has 0 unspecified atom stereocenters. The number of rotatable bonds is 4. The van der Waals surface area contributed by atoms with E-state index >= 15 is 0 Å². The van der Waals surface area contributed by atoms with E-state index in [4.69, 9.17) is 9.47 Å². The fraction of sp³-hybridized carbons (Fsp3) is 0.432. The standard InChI is InChI=1S/C37H39N2O4/c1-37(2,3)36(41)24-12-13-30(42-21-40)27(20-24)31-28-18-22-8-4-14-38-16-6-10-25(32(22)38)34(28)43-35-26-11-7-17-39-15-5-9-23(33(26)39)19-29(31)35/h12-13,18-21H,4-11,14-17H2,1-3H3/q+1. The van der Waals surface area contributed by atoms with Crippen molar-refractivity contribution < 1.29 is 19.1 Å². The fourth-order valence-corrected chi connectivity index (χ4v) is 8.26. The number of ketones is 1. The van der Waals surface area contributed by atoms with Crippen LogP contribution in [-0.2, 0) is 30.5 Å². The van der Waals surface area contributed by atoms with Crippen LogP contribution in [0.1, 0.15) is 90.2 Å². The highest BCUT2D eigenvalue weighted by Crippen LogP contribution is 2.49. The van der Waals surface area contributed by atoms with Gasteiger partial charge in [0, 0.05) is 75.6 Å². The molecule has 5 aliphatic rings. The van der Waals surface area contributed by atoms with E-state index in [9.17, 15) is 9.59 Å². The van der Waals surface area contributed by atoms with Crippen molar-refractivity contribution in [1.29, 1.82) is 0 Å². The number of hydrogen-bond acceptors (Lipinski definition) is 5. The first kappa shape index (κ1) is 26.7. The molecule has 43 heavy (non-hydrogen) atoms. The fourth-order valence-electron chi connectivity index (χ4n) is 8.26. The Morgan fingerprint density at radius 3 is 2.42 bits per heavy atom. The van der Waals surface area contributed by atoms with Crippen molar-refractivity contribution in [2.24, 2.45) is 5.41 Å². The molecule has 0 spiro atoms. The monoisotopic (exact) mass is 575 g/mol. The third kappa shape index (κ3) is 4.09. The van der Waals surface area contributed by atoms with Gasteiger partial charge in [-0.2, -0.15) is 0 Å². The largest absolute Gasteiger partial charge is 0.455 e. The van der Waals surface area contributed by atoms with Crippen molar-refractivity contribution in [2.75, 3.05) is 31.1 Å². The minimum absolute atomic E-state index is 0.0619. The molecule has 0 aliphatic carbocycles. The van der Waals surface area contributed by atoms with Crippen molar-refractivity contribution in [3.05, 3.63) is 79.9 Å². The van der Waals surface area contributed by atoms with E-state index in [2.05, 4.69) is 21.6 Å². The quantitative estimate of drug-likeness (QED) is 0.197. The Labute approximate surface area is 252 Å². The van der Waals surface area contributed by atoms with Crippen LogP contribution in [0, 0.1) is 5.41 Å². The first-order valence-corrected chi connectivity index (χ1v) is 16.1. The lowest BCUT2D eigenvalue weighted by Gasteiger charge is -2.39. The molecule has 8 rings (SSSR count). The highest BCUT2D eigenvalue weighted by Gasteiger charge is 2.36. The average molecular weight is 576 g/mol. The summed E-state index contributed by atoms with van der Waals surface area (Å²) in [5.41, 5.74) is 9.64. The summed E-state index contributed by atoms with van der Waals surface area (Å²) in [4.78, 5) is 27.9. The number of nitrogens with zero attached hydrogens (tertiary/aromatic N) is 2. The molecular formula is C37H39N2O4+. The van der Waals surface area contributed by atoms with Gasteiger partial charge in [-0.1, -0.05) is 20.8 Å². The van der Waals surface area contributed by atoms with E-state index in [1.165, 1.54) is 33.3 Å². The summed E-state index contributed by atoms with van der Waals surface area (Å²) in [5.74, 6) is 2.42. The van der Waals surface area contributed by atoms with Crippen LogP contribution < -0.4 is 29.5 Å². The Hall–Kier alpha value is -3.93. The molecule has 6 heteroatoms. The number of carbonyl (C=O) groups excluding carboxylic acids is 2. The van der Waals surface area contributed by atoms with Crippen molar-refractivity contribution >= 4 is 23.5 Å². The van der Waals surface area contributed by atoms with Crippen LogP contribution in [0.3, 0.4) is 0 Å². The van der Waals surface area contributed by atoms with Gasteiger partial charge in [0.1, 0.15) is 30.3 Å². The molecule has 5 heterocycles. The lowest BCUT2D eigenvalue weighted by Crippen LogP contribution is -2.45. The van der Waals surface area contributed by atoms with Crippen molar-refractivity contribution in [2.45, 2.75) is 72.1 Å². The van der Waals surface area contributed by atoms with E-state index in [1.807, 2.05) is 26.8 Å². The maximum Gasteiger partial charge on any atom is 0.298 e. The van der Waals surface area contributed by atoms with Crippen LogP contribution in [0.4, 0.5) is 5.69 Å². The van der Waals surface area contributed by atoms with Crippen LogP contribution >= 0.6 is 0 Å². The maximum absolute atomic E-state index is 13.6. The number of benzene rings is 3. The van der Waals surface area contributed by atoms with E-state index in [0.717, 1.165) is 111 Å². The first-order chi connectivity index (χ1) is 20.8. The van der Waals surface area contributed by atoms with Crippen LogP contribution in [0.15, 0.2) is 30.3 Å². The molecule has 220 valence electrons. The van der Waals surface area contributed by atoms with Gasteiger partial charge in [0.2, 0.25) is 5.36 Å². The second-order valence-corrected chi connectivity index (χ2v) is 13.8. The molecule has 0 atom stereocenters. The molecule has 6 nitrogen and oxygen atoms in total. The Balaban J connectivity index is 1.51. The third-order valence-electron chi connectivity index (χ3n) is 10.1. The predicted molar refractivity (Wildman–Crippen MR) is 167 cm³/mol. The average Bonchev–Trinajstić information content (AvgIpc) is 3.01. The molecule has 0 N–H and O–H groups in total. The van der Waals surface area contributed by atoms with Gasteiger partial charge in [0.05, 0.1) is 5.56 Å². The lowest BCUT2D eigenvalue weighted by atomic mass is 9.81. The topological polar surface area (TPSA) is 58.9 Å². The Morgan fingerprint density at radius 1 is 0.884 bits per heavy atom. The molecule has 0 aromatic heterocycles. The highest BCUT2D eigenvalue weighted by molar-refractivity contribution is 6.02. The minimum atomic E-state index is -0.542. The zero-order chi connectivity index (χ0) is 29.5. The molecule has 0 amide bonds. The van der Waals surface area contributed by atoms with Crippen LogP contribution in [-0.4, -0.2) is 38.4 Å². The molecule has 5 aliphatic heterocycles. The Kier molecular flexibility index (Phi) is 6.08. The summed E-state index contributed by atoms with van der Waals surface area (Å²) in [6, 6.07) is 10.2. The molecular weight excluding hydrogens is 536 g/mol. The van der Waals surface area contributed by atoms with Crippen molar-refractivity contribution in [1.82, 2.24) is 4.58 Å². The van der Waals surface area contributed by atoms with Crippen molar-refractivity contribution in [3.8, 4) is 17.2 Å². The zero-order valence-corrected chi connectivity index (χ0v) is 25.5. The summed E-state index contributed by atoms with van der Waals surface area (Å²) < 4.78 is 15.4. The minimum Gasteiger partial charge on any atom is -0.455 e. The van der Waals surface area contributed by atoms with Crippen molar-refractivity contribution in [3.63, 3.8) is 0 Å². The molecule has 0 bridgehead atoms. The number of hydrogen-bond donors (Lipinski definition) is 0. The lowest BCUT2D eigenvalue weighted by molar-refractivity contribution is -0.120. The van der Waals surface area contributed by atoms with Gasteiger partial charge in [-0.15, -0.1) is 0 Å². The summed E-state index contributed by atoms with van der Waals surface area (Å²) in [6.45, 7) is 10.7. The van der Waals surface area contributed by atoms with Crippen LogP contribution in [0.2, 0.25) is 0 Å². The summed E-state index contributed by atoms with van der Waals surface area (Å²) in [7, 11) is 0. The van der Waals surface area contributed by atoms with E-state index in [1.54, 1.807) is 12.1 Å². The van der Waals surface area contributed by atoms with Gasteiger partial charge in [-0.25, -0.2) is 4.58 Å². The number of aryl methyl sites for hydroxylation is 2. The van der Waals surface area contributed by atoms with Crippen LogP contribution in [0.5, 0.6) is 17.2 Å². The number of anilines is 1. The number of fused-ring (bicyclic) bond motifs is 4. The molecule has 3 aromatic carbocycles. The van der Waals surface area contributed by atoms with E-state index < -0.39 is 5.41 Å². The highest BCUT2D eigenvalue weighted by atomic mass is 16.5. The summed E-state index contributed by atoms with van der Waals surface area (Å²) in [5, 5.41) is 2.42. The van der Waals surface area contributed by atoms with Crippen LogP contribution in [0.25, 0.3) is 5.57 Å².